The average Bonchev–Trinajstić information content (AvgIpc) is 3.29. The van der Waals surface area contributed by atoms with Crippen molar-refractivity contribution >= 4 is 11.6 Å². The minimum atomic E-state index is -0.177. The Morgan fingerprint density at radius 3 is 2.91 bits per heavy atom. The Labute approximate surface area is 191 Å². The van der Waals surface area contributed by atoms with Crippen LogP contribution < -0.4 is 5.32 Å². The second-order valence-corrected chi connectivity index (χ2v) is 11.3. The predicted octanol–water partition coefficient (Wildman–Crippen LogP) is 4.72. The van der Waals surface area contributed by atoms with E-state index in [9.17, 15) is 4.79 Å². The highest BCUT2D eigenvalue weighted by Crippen LogP contribution is 2.68. The van der Waals surface area contributed by atoms with Gasteiger partial charge in [-0.2, -0.15) is 0 Å². The topological polar surface area (TPSA) is 54.5 Å². The molecule has 2 unspecified atom stereocenters. The fourth-order valence-corrected chi connectivity index (χ4v) is 7.93. The summed E-state index contributed by atoms with van der Waals surface area (Å²) in [6.07, 6.45) is 17.2. The molecule has 32 heavy (non-hydrogen) atoms. The molecule has 1 N–H and O–H groups in total. The van der Waals surface area contributed by atoms with Crippen molar-refractivity contribution in [3.63, 3.8) is 0 Å². The van der Waals surface area contributed by atoms with Crippen molar-refractivity contribution in [2.75, 3.05) is 19.4 Å². The fraction of sp³-hybridized carbons (Fsp3) is 0.630. The van der Waals surface area contributed by atoms with Crippen LogP contribution in [0.25, 0.3) is 0 Å². The molecule has 0 aromatic carbocycles. The maximum absolute atomic E-state index is 13.3. The summed E-state index contributed by atoms with van der Waals surface area (Å²) in [5.74, 6) is 1.03. The lowest BCUT2D eigenvalue weighted by Gasteiger charge is -2.57. The Balaban J connectivity index is 1.30. The zero-order valence-electron chi connectivity index (χ0n) is 19.6. The summed E-state index contributed by atoms with van der Waals surface area (Å²) in [4.78, 5) is 19.8. The van der Waals surface area contributed by atoms with E-state index >= 15 is 0 Å². The lowest BCUT2D eigenvalue weighted by atomic mass is 9.57. The molecular weight excluding hydrogens is 398 g/mol. The first-order chi connectivity index (χ1) is 15.4. The molecule has 6 rings (SSSR count). The van der Waals surface area contributed by atoms with E-state index in [1.54, 1.807) is 18.0 Å². The van der Waals surface area contributed by atoms with Crippen molar-refractivity contribution in [3.05, 3.63) is 47.8 Å². The summed E-state index contributed by atoms with van der Waals surface area (Å²) in [5.41, 5.74) is 2.91. The van der Waals surface area contributed by atoms with Crippen molar-refractivity contribution in [2.24, 2.45) is 17.3 Å². The van der Waals surface area contributed by atoms with Gasteiger partial charge in [0.25, 0.3) is 5.91 Å². The van der Waals surface area contributed by atoms with E-state index < -0.39 is 0 Å². The molecule has 2 spiro atoms. The molecule has 1 saturated carbocycles. The van der Waals surface area contributed by atoms with Crippen LogP contribution in [0.3, 0.4) is 0 Å². The van der Waals surface area contributed by atoms with Crippen molar-refractivity contribution in [2.45, 2.75) is 75.5 Å². The van der Waals surface area contributed by atoms with Crippen LogP contribution in [0, 0.1) is 17.3 Å². The third-order valence-electron chi connectivity index (χ3n) is 9.66. The quantitative estimate of drug-likeness (QED) is 0.701. The summed E-state index contributed by atoms with van der Waals surface area (Å²) in [5, 5.41) is 3.08. The minimum absolute atomic E-state index is 0.0167. The SMILES string of the molecule is CN(C)C1CC[C@H]2CC3=CCC4(C)C(C(=O)Nc5cccnc5)=CC[C@H]4[C@@]34CC[C@]2(C1)O4. The van der Waals surface area contributed by atoms with Crippen molar-refractivity contribution in [1.29, 1.82) is 0 Å². The number of allylic oxidation sites excluding steroid dienone is 2. The second kappa shape index (κ2) is 7.01. The summed E-state index contributed by atoms with van der Waals surface area (Å²) < 4.78 is 7.32. The van der Waals surface area contributed by atoms with Crippen molar-refractivity contribution < 1.29 is 9.53 Å². The molecule has 5 aliphatic rings. The molecule has 3 heterocycles. The number of amides is 1. The van der Waals surface area contributed by atoms with Gasteiger partial charge in [0.15, 0.2) is 0 Å². The van der Waals surface area contributed by atoms with Crippen molar-refractivity contribution in [1.82, 2.24) is 9.88 Å². The Morgan fingerprint density at radius 1 is 1.25 bits per heavy atom. The van der Waals surface area contributed by atoms with Gasteiger partial charge in [-0.3, -0.25) is 9.78 Å². The number of ether oxygens (including phenoxy) is 1. The molecule has 1 aromatic rings. The lowest BCUT2D eigenvalue weighted by molar-refractivity contribution is -0.196. The van der Waals surface area contributed by atoms with Gasteiger partial charge in [-0.15, -0.1) is 0 Å². The zero-order chi connectivity index (χ0) is 22.1. The average molecular weight is 434 g/mol. The predicted molar refractivity (Wildman–Crippen MR) is 125 cm³/mol. The maximum atomic E-state index is 13.3. The maximum Gasteiger partial charge on any atom is 0.251 e. The molecule has 5 heteroatoms. The highest BCUT2D eigenvalue weighted by atomic mass is 16.5. The number of aromatic nitrogens is 1. The lowest BCUT2D eigenvalue weighted by Crippen LogP contribution is -2.58. The molecule has 6 atom stereocenters. The van der Waals surface area contributed by atoms with Gasteiger partial charge in [0.1, 0.15) is 0 Å². The monoisotopic (exact) mass is 433 g/mol. The molecule has 1 amide bonds. The van der Waals surface area contributed by atoms with Gasteiger partial charge in [-0.25, -0.2) is 0 Å². The number of fused-ring (bicyclic) bond motifs is 1. The smallest absolute Gasteiger partial charge is 0.251 e. The molecule has 0 radical (unpaired) electrons. The molecule has 3 fully saturated rings. The van der Waals surface area contributed by atoms with Gasteiger partial charge in [-0.1, -0.05) is 19.1 Å². The molecule has 2 aliphatic heterocycles. The summed E-state index contributed by atoms with van der Waals surface area (Å²) in [6.45, 7) is 2.30. The Hall–Kier alpha value is -1.98. The summed E-state index contributed by atoms with van der Waals surface area (Å²) >= 11 is 0. The number of pyridine rings is 1. The molecule has 3 aliphatic carbocycles. The standard InChI is InChI=1S/C27H35N3O2/c1-25-11-10-19-15-18-6-7-21(30(2)3)16-26(18)12-13-27(19,32-26)23(25)9-8-22(25)24(31)29-20-5-4-14-28-17-20/h4-5,8,10,14,17-18,21,23H,6-7,9,11-13,15-16H2,1-3H3,(H,29,31)/t18-,21?,23+,25?,26+,27+/m0/s1. The first-order valence-corrected chi connectivity index (χ1v) is 12.3. The first kappa shape index (κ1) is 20.6. The highest BCUT2D eigenvalue weighted by Gasteiger charge is 2.67. The largest absolute Gasteiger partial charge is 0.363 e. The van der Waals surface area contributed by atoms with E-state index in [0.717, 1.165) is 36.9 Å². The molecule has 2 saturated heterocycles. The van der Waals surface area contributed by atoms with Gasteiger partial charge in [-0.05, 0) is 89.1 Å². The Kier molecular flexibility index (Phi) is 4.51. The van der Waals surface area contributed by atoms with E-state index in [2.05, 4.69) is 48.4 Å². The normalized spacial score (nSPS) is 41.9. The number of nitrogens with one attached hydrogen (secondary N) is 1. The van der Waals surface area contributed by atoms with Crippen LogP contribution in [0.1, 0.15) is 58.3 Å². The van der Waals surface area contributed by atoms with E-state index in [4.69, 9.17) is 4.74 Å². The van der Waals surface area contributed by atoms with Gasteiger partial charge in [0.2, 0.25) is 0 Å². The van der Waals surface area contributed by atoms with E-state index in [1.807, 2.05) is 12.1 Å². The summed E-state index contributed by atoms with van der Waals surface area (Å²) in [6, 6.07) is 4.37. The van der Waals surface area contributed by atoms with Crippen LogP contribution in [0.4, 0.5) is 5.69 Å². The van der Waals surface area contributed by atoms with Gasteiger partial charge in [0, 0.05) is 29.1 Å². The molecule has 170 valence electrons. The third kappa shape index (κ3) is 2.76. The minimum Gasteiger partial charge on any atom is -0.363 e. The number of carbonyl (C=O) groups is 1. The number of hydrogen-bond donors (Lipinski definition) is 1. The van der Waals surface area contributed by atoms with E-state index in [1.165, 1.54) is 25.7 Å². The van der Waals surface area contributed by atoms with Gasteiger partial charge >= 0.3 is 0 Å². The zero-order valence-corrected chi connectivity index (χ0v) is 19.6. The molecular formula is C27H35N3O2. The second-order valence-electron chi connectivity index (χ2n) is 11.3. The molecule has 5 nitrogen and oxygen atoms in total. The van der Waals surface area contributed by atoms with Gasteiger partial charge in [0.05, 0.1) is 23.1 Å². The highest BCUT2D eigenvalue weighted by molar-refractivity contribution is 6.05. The Morgan fingerprint density at radius 2 is 2.12 bits per heavy atom. The van der Waals surface area contributed by atoms with Crippen LogP contribution in [0.15, 0.2) is 47.8 Å². The first-order valence-electron chi connectivity index (χ1n) is 12.3. The van der Waals surface area contributed by atoms with Crippen LogP contribution >= 0.6 is 0 Å². The number of nitrogens with zero attached hydrogens (tertiary/aromatic N) is 2. The van der Waals surface area contributed by atoms with Crippen LogP contribution in [-0.4, -0.2) is 47.1 Å². The van der Waals surface area contributed by atoms with E-state index in [-0.39, 0.29) is 22.5 Å². The number of hydrogen-bond acceptors (Lipinski definition) is 4. The van der Waals surface area contributed by atoms with Crippen LogP contribution in [0.5, 0.6) is 0 Å². The fourth-order valence-electron chi connectivity index (χ4n) is 7.93. The Bertz CT molecular complexity index is 1000. The van der Waals surface area contributed by atoms with Crippen molar-refractivity contribution in [3.8, 4) is 0 Å². The number of rotatable bonds is 3. The molecule has 1 aromatic heterocycles. The third-order valence-corrected chi connectivity index (χ3v) is 9.66. The van der Waals surface area contributed by atoms with Crippen LogP contribution in [-0.2, 0) is 9.53 Å². The molecule has 2 bridgehead atoms. The summed E-state index contributed by atoms with van der Waals surface area (Å²) in [7, 11) is 4.43. The number of carbonyl (C=O) groups excluding carboxylic acids is 1. The number of anilines is 1. The van der Waals surface area contributed by atoms with Crippen LogP contribution in [0.2, 0.25) is 0 Å². The van der Waals surface area contributed by atoms with E-state index in [0.29, 0.717) is 17.9 Å². The van der Waals surface area contributed by atoms with Gasteiger partial charge < -0.3 is 15.0 Å².